The molecular formula is C36H59NO7S. The summed E-state index contributed by atoms with van der Waals surface area (Å²) in [5, 5.41) is 33.3. The van der Waals surface area contributed by atoms with Gasteiger partial charge in [-0.2, -0.15) is 12.6 Å². The fraction of sp³-hybridized carbons (Fsp3) is 0.972. The van der Waals surface area contributed by atoms with Gasteiger partial charge in [-0.3, -0.25) is 4.79 Å². The molecule has 2 aliphatic heterocycles. The van der Waals surface area contributed by atoms with E-state index in [0.29, 0.717) is 38.0 Å². The van der Waals surface area contributed by atoms with Gasteiger partial charge in [0.25, 0.3) is 0 Å². The molecule has 13 atom stereocenters. The molecule has 2 saturated heterocycles. The molecule has 7 rings (SSSR count). The van der Waals surface area contributed by atoms with Crippen LogP contribution >= 0.6 is 12.6 Å². The maximum Gasteiger partial charge on any atom is 0.228 e. The fourth-order valence-electron chi connectivity index (χ4n) is 12.3. The van der Waals surface area contributed by atoms with Gasteiger partial charge in [0.2, 0.25) is 5.91 Å². The SMILES string of the molecule is CC(C)(C)C(=O)N1CCOC(O[C@H]2CCC34C[C@]35CCC3(S)C(C5CC[C@H]4C2(C)C)[C@@H](O)C2OC([C@H](O)C(C)(C)O)CC[C@@H]23)C1. The Labute approximate surface area is 275 Å². The summed E-state index contributed by atoms with van der Waals surface area (Å²) >= 11 is 5.46. The number of hydrogen-bond acceptors (Lipinski definition) is 8. The molecule has 5 saturated carbocycles. The van der Waals surface area contributed by atoms with E-state index in [1.165, 1.54) is 6.42 Å². The van der Waals surface area contributed by atoms with Gasteiger partial charge in [-0.1, -0.05) is 34.6 Å². The standard InChI is InChI=1S/C36H59NO7S/c1-31(2,3)30(40)37-16-17-42-25(18-37)44-24-12-13-35-19-34(35)14-15-36(45)21-8-10-22(29(39)33(6,7)41)43-28(21)27(38)26(36)20(34)9-11-23(35)32(24,4)5/h20-29,38-39,41,45H,8-19H2,1-7H3/t20?,21-,22?,23-,24-,25?,26?,27+,28?,29-,34-,35?,36?/m0/s1. The monoisotopic (exact) mass is 649 g/mol. The molecule has 7 fully saturated rings. The van der Waals surface area contributed by atoms with Crippen molar-refractivity contribution in [1.82, 2.24) is 4.90 Å². The second-order valence-corrected chi connectivity index (χ2v) is 19.3. The number of thiol groups is 1. The summed E-state index contributed by atoms with van der Waals surface area (Å²) in [6, 6.07) is 0. The number of hydrogen-bond donors (Lipinski definition) is 4. The molecule has 2 heterocycles. The van der Waals surface area contributed by atoms with Gasteiger partial charge in [-0.05, 0) is 99.7 Å². The number of carbonyl (C=O) groups is 1. The Morgan fingerprint density at radius 1 is 1.00 bits per heavy atom. The highest BCUT2D eigenvalue weighted by molar-refractivity contribution is 7.81. The van der Waals surface area contributed by atoms with Crippen molar-refractivity contribution in [3.63, 3.8) is 0 Å². The van der Waals surface area contributed by atoms with E-state index in [1.807, 2.05) is 25.7 Å². The highest BCUT2D eigenvalue weighted by Crippen LogP contribution is 2.86. The Morgan fingerprint density at radius 2 is 1.71 bits per heavy atom. The molecule has 5 aliphatic carbocycles. The average molecular weight is 650 g/mol. The average Bonchev–Trinajstić information content (AvgIpc) is 3.58. The van der Waals surface area contributed by atoms with Gasteiger partial charge >= 0.3 is 0 Å². The van der Waals surface area contributed by atoms with Crippen LogP contribution in [0.1, 0.15) is 106 Å². The van der Waals surface area contributed by atoms with Crippen molar-refractivity contribution >= 4 is 18.5 Å². The van der Waals surface area contributed by atoms with Crippen LogP contribution in [0.25, 0.3) is 0 Å². The first kappa shape index (κ1) is 33.1. The van der Waals surface area contributed by atoms with E-state index in [1.54, 1.807) is 13.8 Å². The number of carbonyl (C=O) groups excluding carboxylic acids is 1. The van der Waals surface area contributed by atoms with E-state index >= 15 is 0 Å². The molecule has 0 aromatic heterocycles. The summed E-state index contributed by atoms with van der Waals surface area (Å²) in [6.07, 6.45) is 6.59. The van der Waals surface area contributed by atoms with Crippen molar-refractivity contribution in [2.45, 2.75) is 153 Å². The summed E-state index contributed by atoms with van der Waals surface area (Å²) in [6.45, 7) is 15.6. The van der Waals surface area contributed by atoms with Crippen LogP contribution in [0.5, 0.6) is 0 Å². The minimum Gasteiger partial charge on any atom is -0.390 e. The van der Waals surface area contributed by atoms with E-state index in [-0.39, 0.29) is 57.2 Å². The Balaban J connectivity index is 1.07. The van der Waals surface area contributed by atoms with Gasteiger partial charge in [0.15, 0.2) is 6.29 Å². The summed E-state index contributed by atoms with van der Waals surface area (Å²) in [5.41, 5.74) is -1.17. The quantitative estimate of drug-likeness (QED) is 0.331. The molecule has 7 aliphatic rings. The zero-order chi connectivity index (χ0) is 32.5. The lowest BCUT2D eigenvalue weighted by Gasteiger charge is -2.59. The molecule has 0 radical (unpaired) electrons. The highest BCUT2D eigenvalue weighted by atomic mass is 32.1. The number of morpholine rings is 1. The zero-order valence-corrected chi connectivity index (χ0v) is 29.5. The number of nitrogens with zero attached hydrogens (tertiary/aromatic N) is 1. The first-order valence-corrected chi connectivity index (χ1v) is 18.3. The first-order chi connectivity index (χ1) is 20.9. The molecular weight excluding hydrogens is 590 g/mol. The third kappa shape index (κ3) is 4.78. The second-order valence-electron chi connectivity index (χ2n) is 18.4. The van der Waals surface area contributed by atoms with Gasteiger partial charge in [-0.15, -0.1) is 0 Å². The predicted molar refractivity (Wildman–Crippen MR) is 173 cm³/mol. The molecule has 0 aromatic carbocycles. The van der Waals surface area contributed by atoms with E-state index in [0.717, 1.165) is 44.9 Å². The number of aliphatic hydroxyl groups excluding tert-OH is 2. The molecule has 256 valence electrons. The third-order valence-electron chi connectivity index (χ3n) is 14.4. The first-order valence-electron chi connectivity index (χ1n) is 17.9. The number of ether oxygens (including phenoxy) is 3. The van der Waals surface area contributed by atoms with Crippen LogP contribution < -0.4 is 0 Å². The van der Waals surface area contributed by atoms with E-state index < -0.39 is 29.3 Å². The van der Waals surface area contributed by atoms with Crippen LogP contribution in [-0.4, -0.2) is 93.0 Å². The molecule has 3 N–H and O–H groups in total. The van der Waals surface area contributed by atoms with Gasteiger partial charge in [-0.25, -0.2) is 0 Å². The highest BCUT2D eigenvalue weighted by Gasteiger charge is 2.82. The normalized spacial score (nSPS) is 49.6. The zero-order valence-electron chi connectivity index (χ0n) is 28.6. The number of aliphatic hydroxyl groups is 3. The van der Waals surface area contributed by atoms with Crippen LogP contribution in [0.2, 0.25) is 0 Å². The summed E-state index contributed by atoms with van der Waals surface area (Å²) in [5.74, 6) is 1.37. The number of amides is 1. The van der Waals surface area contributed by atoms with Crippen molar-refractivity contribution in [2.24, 2.45) is 45.3 Å². The Kier molecular flexibility index (Phi) is 7.75. The third-order valence-corrected chi connectivity index (χ3v) is 15.2. The fourth-order valence-corrected chi connectivity index (χ4v) is 13.0. The summed E-state index contributed by atoms with van der Waals surface area (Å²) in [7, 11) is 0. The smallest absolute Gasteiger partial charge is 0.228 e. The van der Waals surface area contributed by atoms with Crippen LogP contribution in [-0.2, 0) is 19.0 Å². The largest absolute Gasteiger partial charge is 0.390 e. The lowest BCUT2D eigenvalue weighted by Crippen LogP contribution is -2.58. The van der Waals surface area contributed by atoms with E-state index in [2.05, 4.69) is 13.8 Å². The van der Waals surface area contributed by atoms with Gasteiger partial charge < -0.3 is 34.4 Å². The Morgan fingerprint density at radius 3 is 2.40 bits per heavy atom. The molecule has 0 bridgehead atoms. The molecule has 2 spiro atoms. The van der Waals surface area contributed by atoms with Crippen LogP contribution in [0, 0.1) is 45.3 Å². The van der Waals surface area contributed by atoms with Crippen molar-refractivity contribution < 1.29 is 34.3 Å². The maximum absolute atomic E-state index is 13.0. The molecule has 7 unspecified atom stereocenters. The summed E-state index contributed by atoms with van der Waals surface area (Å²) < 4.78 is 19.1. The molecule has 8 nitrogen and oxygen atoms in total. The number of rotatable bonds is 4. The molecule has 9 heteroatoms. The van der Waals surface area contributed by atoms with Gasteiger partial charge in [0.1, 0.15) is 6.10 Å². The van der Waals surface area contributed by atoms with Gasteiger partial charge in [0.05, 0.1) is 43.2 Å². The second kappa shape index (κ2) is 10.5. The van der Waals surface area contributed by atoms with Crippen molar-refractivity contribution in [3.8, 4) is 0 Å². The summed E-state index contributed by atoms with van der Waals surface area (Å²) in [4.78, 5) is 14.9. The van der Waals surface area contributed by atoms with E-state index in [9.17, 15) is 20.1 Å². The van der Waals surface area contributed by atoms with Gasteiger partial charge in [0, 0.05) is 28.5 Å². The maximum atomic E-state index is 13.0. The van der Waals surface area contributed by atoms with Crippen molar-refractivity contribution in [1.29, 1.82) is 0 Å². The lowest BCUT2D eigenvalue weighted by atomic mass is 9.48. The predicted octanol–water partition coefficient (Wildman–Crippen LogP) is 4.57. The number of fused-ring (bicyclic) bond motifs is 4. The lowest BCUT2D eigenvalue weighted by molar-refractivity contribution is -0.244. The van der Waals surface area contributed by atoms with E-state index in [4.69, 9.17) is 26.8 Å². The van der Waals surface area contributed by atoms with Crippen LogP contribution in [0.15, 0.2) is 0 Å². The Bertz CT molecular complexity index is 1180. The minimum atomic E-state index is -1.25. The molecule has 1 amide bonds. The van der Waals surface area contributed by atoms with Crippen molar-refractivity contribution in [2.75, 3.05) is 19.7 Å². The Hall–Kier alpha value is -0.420. The minimum absolute atomic E-state index is 0.0201. The van der Waals surface area contributed by atoms with Crippen LogP contribution in [0.3, 0.4) is 0 Å². The molecule has 45 heavy (non-hydrogen) atoms. The van der Waals surface area contributed by atoms with Crippen LogP contribution in [0.4, 0.5) is 0 Å². The topological polar surface area (TPSA) is 109 Å². The molecule has 0 aromatic rings. The van der Waals surface area contributed by atoms with Crippen molar-refractivity contribution in [3.05, 3.63) is 0 Å².